The van der Waals surface area contributed by atoms with Crippen molar-refractivity contribution in [2.45, 2.75) is 12.5 Å². The molecule has 1 aromatic heterocycles. The molecule has 0 spiro atoms. The van der Waals surface area contributed by atoms with Crippen LogP contribution in [0.15, 0.2) is 41.8 Å². The third-order valence-corrected chi connectivity index (χ3v) is 4.24. The summed E-state index contributed by atoms with van der Waals surface area (Å²) in [7, 11) is 2.90. The quantitative estimate of drug-likeness (QED) is 0.742. The molecule has 0 aliphatic carbocycles. The van der Waals surface area contributed by atoms with Crippen molar-refractivity contribution in [1.82, 2.24) is 5.32 Å². The Morgan fingerprint density at radius 3 is 2.42 bits per heavy atom. The molecule has 0 bridgehead atoms. The van der Waals surface area contributed by atoms with Gasteiger partial charge in [0.25, 0.3) is 5.91 Å². The Balaban J connectivity index is 1.90. The molecule has 1 unspecified atom stereocenters. The molecule has 6 nitrogen and oxygen atoms in total. The fourth-order valence-electron chi connectivity index (χ4n) is 2.02. The summed E-state index contributed by atoms with van der Waals surface area (Å²) in [6.07, 6.45) is 0.0747. The maximum atomic E-state index is 12.1. The van der Waals surface area contributed by atoms with E-state index in [0.717, 1.165) is 4.88 Å². The number of benzene rings is 1. The molecule has 1 aromatic carbocycles. The van der Waals surface area contributed by atoms with Crippen LogP contribution >= 0.6 is 11.3 Å². The number of carbonyl (C=O) groups is 2. The number of amides is 1. The summed E-state index contributed by atoms with van der Waals surface area (Å²) in [6, 6.07) is 10.2. The van der Waals surface area contributed by atoms with Gasteiger partial charge in [0, 0.05) is 4.88 Å². The Morgan fingerprint density at radius 2 is 1.83 bits per heavy atom. The molecule has 0 saturated heterocycles. The number of methoxy groups -OCH3 is 2. The van der Waals surface area contributed by atoms with Gasteiger partial charge in [0.15, 0.2) is 6.61 Å². The number of rotatable bonds is 8. The molecular formula is C17H19NO5S. The molecule has 1 heterocycles. The Kier molecular flexibility index (Phi) is 6.62. The predicted molar refractivity (Wildman–Crippen MR) is 90.3 cm³/mol. The first-order valence-corrected chi connectivity index (χ1v) is 8.16. The Labute approximate surface area is 144 Å². The number of nitrogens with one attached hydrogen (secondary N) is 1. The van der Waals surface area contributed by atoms with Gasteiger partial charge in [-0.3, -0.25) is 9.59 Å². The van der Waals surface area contributed by atoms with E-state index in [-0.39, 0.29) is 24.9 Å². The van der Waals surface area contributed by atoms with E-state index in [1.165, 1.54) is 18.4 Å². The lowest BCUT2D eigenvalue weighted by molar-refractivity contribution is -0.141. The minimum atomic E-state index is -0.426. The van der Waals surface area contributed by atoms with Gasteiger partial charge in [0.05, 0.1) is 26.7 Å². The van der Waals surface area contributed by atoms with Gasteiger partial charge in [-0.05, 0) is 35.7 Å². The van der Waals surface area contributed by atoms with Gasteiger partial charge >= 0.3 is 5.97 Å². The summed E-state index contributed by atoms with van der Waals surface area (Å²) in [5.41, 5.74) is 0. The highest BCUT2D eigenvalue weighted by molar-refractivity contribution is 7.10. The monoisotopic (exact) mass is 349 g/mol. The van der Waals surface area contributed by atoms with Gasteiger partial charge in [0.2, 0.25) is 0 Å². The van der Waals surface area contributed by atoms with Crippen LogP contribution in [0.2, 0.25) is 0 Å². The average Bonchev–Trinajstić information content (AvgIpc) is 3.14. The normalized spacial score (nSPS) is 11.4. The molecule has 0 radical (unpaired) electrons. The second-order valence-corrected chi connectivity index (χ2v) is 5.86. The SMILES string of the molecule is COC(=O)CC(NC(=O)COc1ccc(OC)cc1)c1cccs1. The lowest BCUT2D eigenvalue weighted by Crippen LogP contribution is -2.33. The van der Waals surface area contributed by atoms with E-state index in [1.807, 2.05) is 17.5 Å². The zero-order valence-electron chi connectivity index (χ0n) is 13.5. The Bertz CT molecular complexity index is 654. The van der Waals surface area contributed by atoms with E-state index in [4.69, 9.17) is 9.47 Å². The number of thiophene rings is 1. The van der Waals surface area contributed by atoms with Gasteiger partial charge in [-0.15, -0.1) is 11.3 Å². The first-order chi connectivity index (χ1) is 11.6. The third-order valence-electron chi connectivity index (χ3n) is 3.25. The van der Waals surface area contributed by atoms with Crippen molar-refractivity contribution in [2.24, 2.45) is 0 Å². The number of carbonyl (C=O) groups excluding carboxylic acids is 2. The van der Waals surface area contributed by atoms with Crippen LogP contribution in [0.4, 0.5) is 0 Å². The first kappa shape index (κ1) is 17.8. The highest BCUT2D eigenvalue weighted by atomic mass is 32.1. The summed E-state index contributed by atoms with van der Waals surface area (Å²) in [5, 5.41) is 4.69. The van der Waals surface area contributed by atoms with Crippen LogP contribution in [0.3, 0.4) is 0 Å². The molecule has 1 atom stereocenters. The van der Waals surface area contributed by atoms with E-state index in [0.29, 0.717) is 11.5 Å². The third kappa shape index (κ3) is 5.27. The predicted octanol–water partition coefficient (Wildman–Crippen LogP) is 2.56. The standard InChI is InChI=1S/C17H19NO5S/c1-21-12-5-7-13(8-6-12)23-11-16(19)18-14(10-17(20)22-2)15-4-3-9-24-15/h3-9,14H,10-11H2,1-2H3,(H,18,19). The van der Waals surface area contributed by atoms with E-state index in [2.05, 4.69) is 10.1 Å². The van der Waals surface area contributed by atoms with Crippen molar-refractivity contribution < 1.29 is 23.8 Å². The minimum absolute atomic E-state index is 0.0747. The molecule has 1 amide bonds. The summed E-state index contributed by atoms with van der Waals surface area (Å²) in [4.78, 5) is 24.5. The number of ether oxygens (including phenoxy) is 3. The lowest BCUT2D eigenvalue weighted by atomic mass is 10.1. The van der Waals surface area contributed by atoms with Gasteiger partial charge in [-0.25, -0.2) is 0 Å². The van der Waals surface area contributed by atoms with E-state index in [9.17, 15) is 9.59 Å². The summed E-state index contributed by atoms with van der Waals surface area (Å²) >= 11 is 1.47. The molecule has 128 valence electrons. The zero-order valence-corrected chi connectivity index (χ0v) is 14.3. The number of hydrogen-bond acceptors (Lipinski definition) is 6. The number of esters is 1. The molecule has 7 heteroatoms. The van der Waals surface area contributed by atoms with Crippen LogP contribution in [0.5, 0.6) is 11.5 Å². The molecule has 0 aliphatic heterocycles. The molecule has 0 saturated carbocycles. The highest BCUT2D eigenvalue weighted by Gasteiger charge is 2.20. The van der Waals surface area contributed by atoms with Crippen molar-refractivity contribution in [3.8, 4) is 11.5 Å². The molecule has 1 N–H and O–H groups in total. The van der Waals surface area contributed by atoms with Gasteiger partial charge < -0.3 is 19.5 Å². The molecule has 0 aliphatic rings. The average molecular weight is 349 g/mol. The second-order valence-electron chi connectivity index (χ2n) is 4.88. The van der Waals surface area contributed by atoms with Crippen LogP contribution in [0, 0.1) is 0 Å². The van der Waals surface area contributed by atoms with Crippen LogP contribution in [0.25, 0.3) is 0 Å². The fraction of sp³-hybridized carbons (Fsp3) is 0.294. The highest BCUT2D eigenvalue weighted by Crippen LogP contribution is 2.22. The summed E-state index contributed by atoms with van der Waals surface area (Å²) < 4.78 is 15.2. The molecule has 0 fully saturated rings. The molecular weight excluding hydrogens is 330 g/mol. The Morgan fingerprint density at radius 1 is 1.12 bits per heavy atom. The molecule has 2 aromatic rings. The topological polar surface area (TPSA) is 73.9 Å². The minimum Gasteiger partial charge on any atom is -0.497 e. The smallest absolute Gasteiger partial charge is 0.307 e. The van der Waals surface area contributed by atoms with Crippen LogP contribution in [0.1, 0.15) is 17.3 Å². The molecule has 2 rings (SSSR count). The van der Waals surface area contributed by atoms with Gasteiger partial charge in [-0.2, -0.15) is 0 Å². The lowest BCUT2D eigenvalue weighted by Gasteiger charge is -2.16. The zero-order chi connectivity index (χ0) is 17.4. The van der Waals surface area contributed by atoms with Crippen molar-refractivity contribution in [2.75, 3.05) is 20.8 Å². The maximum absolute atomic E-state index is 12.1. The summed E-state index contributed by atoms with van der Waals surface area (Å²) in [6.45, 7) is -0.143. The van der Waals surface area contributed by atoms with E-state index in [1.54, 1.807) is 31.4 Å². The van der Waals surface area contributed by atoms with E-state index < -0.39 is 6.04 Å². The Hall–Kier alpha value is -2.54. The first-order valence-electron chi connectivity index (χ1n) is 7.29. The van der Waals surface area contributed by atoms with Gasteiger partial charge in [-0.1, -0.05) is 6.07 Å². The van der Waals surface area contributed by atoms with Crippen molar-refractivity contribution in [3.05, 3.63) is 46.7 Å². The van der Waals surface area contributed by atoms with Crippen molar-refractivity contribution in [1.29, 1.82) is 0 Å². The largest absolute Gasteiger partial charge is 0.497 e. The maximum Gasteiger partial charge on any atom is 0.307 e. The van der Waals surface area contributed by atoms with E-state index >= 15 is 0 Å². The fourth-order valence-corrected chi connectivity index (χ4v) is 2.80. The van der Waals surface area contributed by atoms with Crippen LogP contribution in [-0.2, 0) is 14.3 Å². The van der Waals surface area contributed by atoms with Crippen LogP contribution < -0.4 is 14.8 Å². The number of hydrogen-bond donors (Lipinski definition) is 1. The van der Waals surface area contributed by atoms with Crippen molar-refractivity contribution >= 4 is 23.2 Å². The van der Waals surface area contributed by atoms with Gasteiger partial charge in [0.1, 0.15) is 11.5 Å². The molecule has 24 heavy (non-hydrogen) atoms. The summed E-state index contributed by atoms with van der Waals surface area (Å²) in [5.74, 6) is 0.576. The second kappa shape index (κ2) is 8.93. The van der Waals surface area contributed by atoms with Crippen molar-refractivity contribution in [3.63, 3.8) is 0 Å². The van der Waals surface area contributed by atoms with Crippen LogP contribution in [-0.4, -0.2) is 32.7 Å².